The Kier molecular flexibility index (Phi) is 8.74. The van der Waals surface area contributed by atoms with E-state index in [-0.39, 0.29) is 0 Å². The standard InChI is InChI=1S/C46H33N5/c47-43(41-27-10-11-28-42(41)48-40-25-8-3-9-26-40)38-23-13-21-36(30-38)34-19-12-20-35(29-34)37-22-14-24-39(31-37)46-50-44(32-15-4-1-5-16-32)49-45(51-46)33-17-6-2-7-18-33/h1-31,47-48H. The van der Waals surface area contributed by atoms with Crippen LogP contribution in [0.25, 0.3) is 56.4 Å². The molecule has 0 aliphatic heterocycles. The van der Waals surface area contributed by atoms with Crippen molar-refractivity contribution in [3.63, 3.8) is 0 Å². The van der Waals surface area contributed by atoms with Crippen LogP contribution in [0.2, 0.25) is 0 Å². The summed E-state index contributed by atoms with van der Waals surface area (Å²) < 4.78 is 0. The number of para-hydroxylation sites is 2. The first kappa shape index (κ1) is 31.3. The molecular weight excluding hydrogens is 623 g/mol. The van der Waals surface area contributed by atoms with Gasteiger partial charge in [-0.2, -0.15) is 0 Å². The summed E-state index contributed by atoms with van der Waals surface area (Å²) in [4.78, 5) is 14.7. The third-order valence-corrected chi connectivity index (χ3v) is 8.75. The highest BCUT2D eigenvalue weighted by Crippen LogP contribution is 2.32. The first-order valence-electron chi connectivity index (χ1n) is 16.9. The molecule has 0 aliphatic carbocycles. The van der Waals surface area contributed by atoms with Gasteiger partial charge in [0, 0.05) is 39.2 Å². The van der Waals surface area contributed by atoms with Crippen LogP contribution in [0.3, 0.4) is 0 Å². The van der Waals surface area contributed by atoms with Gasteiger partial charge in [0.25, 0.3) is 0 Å². The van der Waals surface area contributed by atoms with Crippen molar-refractivity contribution in [2.45, 2.75) is 0 Å². The molecule has 0 spiro atoms. The Morgan fingerprint density at radius 1 is 0.373 bits per heavy atom. The number of nitrogens with one attached hydrogen (secondary N) is 2. The van der Waals surface area contributed by atoms with Crippen LogP contribution in [0.1, 0.15) is 11.1 Å². The molecule has 5 nitrogen and oxygen atoms in total. The second-order valence-corrected chi connectivity index (χ2v) is 12.2. The van der Waals surface area contributed by atoms with Gasteiger partial charge in [0.2, 0.25) is 0 Å². The second kappa shape index (κ2) is 14.2. The largest absolute Gasteiger partial charge is 0.355 e. The van der Waals surface area contributed by atoms with Crippen LogP contribution in [0, 0.1) is 5.41 Å². The monoisotopic (exact) mass is 655 g/mol. The minimum Gasteiger partial charge on any atom is -0.355 e. The third kappa shape index (κ3) is 6.95. The predicted molar refractivity (Wildman–Crippen MR) is 209 cm³/mol. The summed E-state index contributed by atoms with van der Waals surface area (Å²) >= 11 is 0. The summed E-state index contributed by atoms with van der Waals surface area (Å²) in [6.45, 7) is 0. The molecule has 0 bridgehead atoms. The molecule has 8 aromatic rings. The summed E-state index contributed by atoms with van der Waals surface area (Å²) in [5, 5.41) is 12.7. The van der Waals surface area contributed by atoms with E-state index in [1.165, 1.54) is 0 Å². The number of benzene rings is 7. The molecule has 51 heavy (non-hydrogen) atoms. The van der Waals surface area contributed by atoms with E-state index in [4.69, 9.17) is 15.0 Å². The van der Waals surface area contributed by atoms with E-state index in [0.717, 1.165) is 61.4 Å². The van der Waals surface area contributed by atoms with Crippen molar-refractivity contribution in [2.75, 3.05) is 5.32 Å². The molecular formula is C46H33N5. The molecule has 0 fully saturated rings. The SMILES string of the molecule is N=C(c1cccc(-c2cccc(-c3cccc(-c4nc(-c5ccccc5)nc(-c5ccccc5)n4)c3)c2)c1)c1ccccc1Nc1ccccc1. The highest BCUT2D eigenvalue weighted by atomic mass is 15.0. The van der Waals surface area contributed by atoms with Gasteiger partial charge in [0.05, 0.1) is 5.71 Å². The van der Waals surface area contributed by atoms with Crippen molar-refractivity contribution in [3.8, 4) is 56.4 Å². The molecule has 0 saturated heterocycles. The number of hydrogen-bond acceptors (Lipinski definition) is 5. The number of hydrogen-bond donors (Lipinski definition) is 2. The van der Waals surface area contributed by atoms with E-state index < -0.39 is 0 Å². The lowest BCUT2D eigenvalue weighted by atomic mass is 9.94. The van der Waals surface area contributed by atoms with Gasteiger partial charge in [0.15, 0.2) is 17.5 Å². The molecule has 0 unspecified atom stereocenters. The zero-order valence-corrected chi connectivity index (χ0v) is 27.7. The topological polar surface area (TPSA) is 74.5 Å². The van der Waals surface area contributed by atoms with E-state index in [9.17, 15) is 5.41 Å². The summed E-state index contributed by atoms with van der Waals surface area (Å²) in [5.74, 6) is 1.89. The first-order chi connectivity index (χ1) is 25.2. The summed E-state index contributed by atoms with van der Waals surface area (Å²) in [6.07, 6.45) is 0. The smallest absolute Gasteiger partial charge is 0.164 e. The van der Waals surface area contributed by atoms with Crippen LogP contribution in [-0.4, -0.2) is 20.7 Å². The highest BCUT2D eigenvalue weighted by molar-refractivity contribution is 6.14. The van der Waals surface area contributed by atoms with Crippen LogP contribution < -0.4 is 5.32 Å². The lowest BCUT2D eigenvalue weighted by Gasteiger charge is -2.14. The van der Waals surface area contributed by atoms with Crippen molar-refractivity contribution in [1.29, 1.82) is 5.41 Å². The van der Waals surface area contributed by atoms with Gasteiger partial charge >= 0.3 is 0 Å². The van der Waals surface area contributed by atoms with Crippen LogP contribution in [0.5, 0.6) is 0 Å². The lowest BCUT2D eigenvalue weighted by Crippen LogP contribution is -2.05. The number of rotatable bonds is 9. The minimum absolute atomic E-state index is 0.460. The fourth-order valence-electron chi connectivity index (χ4n) is 6.15. The van der Waals surface area contributed by atoms with E-state index in [2.05, 4.69) is 53.8 Å². The van der Waals surface area contributed by atoms with Gasteiger partial charge in [-0.05, 0) is 58.7 Å². The Balaban J connectivity index is 1.11. The Bertz CT molecular complexity index is 2400. The van der Waals surface area contributed by atoms with Crippen LogP contribution in [0.4, 0.5) is 11.4 Å². The maximum Gasteiger partial charge on any atom is 0.164 e. The van der Waals surface area contributed by atoms with Gasteiger partial charge in [-0.25, -0.2) is 15.0 Å². The molecule has 0 saturated carbocycles. The Morgan fingerprint density at radius 3 is 1.37 bits per heavy atom. The number of anilines is 2. The summed E-state index contributed by atoms with van der Waals surface area (Å²) in [7, 11) is 0. The van der Waals surface area contributed by atoms with Crippen molar-refractivity contribution in [3.05, 3.63) is 199 Å². The zero-order valence-electron chi connectivity index (χ0n) is 27.7. The molecule has 1 aromatic heterocycles. The van der Waals surface area contributed by atoms with Gasteiger partial charge < -0.3 is 5.32 Å². The Labute approximate surface area is 297 Å². The summed E-state index contributed by atoms with van der Waals surface area (Å²) in [5.41, 5.74) is 11.1. The number of aromatic nitrogens is 3. The average Bonchev–Trinajstić information content (AvgIpc) is 3.22. The lowest BCUT2D eigenvalue weighted by molar-refractivity contribution is 1.07. The van der Waals surface area contributed by atoms with Crippen molar-refractivity contribution in [1.82, 2.24) is 15.0 Å². The maximum absolute atomic E-state index is 9.20. The van der Waals surface area contributed by atoms with Crippen LogP contribution >= 0.6 is 0 Å². The van der Waals surface area contributed by atoms with Crippen molar-refractivity contribution < 1.29 is 0 Å². The Hall–Kier alpha value is -6.98. The van der Waals surface area contributed by atoms with E-state index >= 15 is 0 Å². The first-order valence-corrected chi connectivity index (χ1v) is 16.9. The maximum atomic E-state index is 9.20. The fraction of sp³-hybridized carbons (Fsp3) is 0. The molecule has 0 radical (unpaired) electrons. The highest BCUT2D eigenvalue weighted by Gasteiger charge is 2.14. The van der Waals surface area contributed by atoms with E-state index in [1.807, 2.05) is 140 Å². The quantitative estimate of drug-likeness (QED) is 0.152. The van der Waals surface area contributed by atoms with Crippen molar-refractivity contribution in [2.24, 2.45) is 0 Å². The summed E-state index contributed by atoms with van der Waals surface area (Å²) in [6, 6.07) is 63.2. The van der Waals surface area contributed by atoms with Gasteiger partial charge in [-0.15, -0.1) is 0 Å². The molecule has 2 N–H and O–H groups in total. The zero-order chi connectivity index (χ0) is 34.4. The van der Waals surface area contributed by atoms with Gasteiger partial charge in [0.1, 0.15) is 0 Å². The van der Waals surface area contributed by atoms with Gasteiger partial charge in [-0.3, -0.25) is 5.41 Å². The molecule has 0 atom stereocenters. The fourth-order valence-corrected chi connectivity index (χ4v) is 6.15. The molecule has 7 aromatic carbocycles. The molecule has 0 aliphatic rings. The third-order valence-electron chi connectivity index (χ3n) is 8.75. The molecule has 8 rings (SSSR count). The van der Waals surface area contributed by atoms with Gasteiger partial charge in [-0.1, -0.05) is 152 Å². The van der Waals surface area contributed by atoms with E-state index in [1.54, 1.807) is 0 Å². The predicted octanol–water partition coefficient (Wildman–Crippen LogP) is 11.4. The second-order valence-electron chi connectivity index (χ2n) is 12.2. The molecule has 0 amide bonds. The van der Waals surface area contributed by atoms with Crippen LogP contribution in [0.15, 0.2) is 188 Å². The van der Waals surface area contributed by atoms with Crippen molar-refractivity contribution >= 4 is 17.1 Å². The molecule has 1 heterocycles. The average molecular weight is 656 g/mol. The Morgan fingerprint density at radius 2 is 0.784 bits per heavy atom. The van der Waals surface area contributed by atoms with Crippen LogP contribution in [-0.2, 0) is 0 Å². The molecule has 5 heteroatoms. The molecule has 242 valence electrons. The van der Waals surface area contributed by atoms with E-state index in [0.29, 0.717) is 23.2 Å². The normalized spacial score (nSPS) is 10.8. The number of nitrogens with zero attached hydrogens (tertiary/aromatic N) is 3. The minimum atomic E-state index is 0.460.